The van der Waals surface area contributed by atoms with Gasteiger partial charge in [-0.15, -0.1) is 0 Å². The Morgan fingerprint density at radius 2 is 1.29 bits per heavy atom. The Bertz CT molecular complexity index is 212. The van der Waals surface area contributed by atoms with Crippen LogP contribution in [0.5, 0.6) is 0 Å². The van der Waals surface area contributed by atoms with Gasteiger partial charge < -0.3 is 10.2 Å². The van der Waals surface area contributed by atoms with Gasteiger partial charge in [0, 0.05) is 13.0 Å². The number of aliphatic hydroxyl groups is 1. The summed E-state index contributed by atoms with van der Waals surface area (Å²) in [5.41, 5.74) is 1.28. The van der Waals surface area contributed by atoms with Crippen LogP contribution in [0, 0.1) is 0 Å². The minimum absolute atomic E-state index is 0.285. The normalized spacial score (nSPS) is 10.4. The van der Waals surface area contributed by atoms with Crippen LogP contribution < -0.4 is 0 Å². The molecule has 0 aliphatic heterocycles. The number of carboxylic acid groups (broad SMARTS) is 1. The summed E-state index contributed by atoms with van der Waals surface area (Å²) in [6.07, 6.45) is 9.53. The summed E-state index contributed by atoms with van der Waals surface area (Å²) in [6.45, 7) is 4.34. The fourth-order valence-corrected chi connectivity index (χ4v) is 1.79. The maximum absolute atomic E-state index is 10.3. The van der Waals surface area contributed by atoms with Crippen LogP contribution in [0.25, 0.3) is 0 Å². The van der Waals surface area contributed by atoms with Crippen molar-refractivity contribution in [1.29, 1.82) is 0 Å². The van der Waals surface area contributed by atoms with Crippen LogP contribution >= 0.6 is 0 Å². The number of rotatable bonds is 12. The van der Waals surface area contributed by atoms with Gasteiger partial charge in [-0.25, -0.2) is 0 Å². The van der Waals surface area contributed by atoms with Crippen molar-refractivity contribution in [3.8, 4) is 0 Å². The van der Waals surface area contributed by atoms with Crippen LogP contribution in [-0.4, -0.2) is 22.8 Å². The summed E-state index contributed by atoms with van der Waals surface area (Å²) in [5, 5.41) is 17.1. The molecule has 0 bridgehead atoms. The van der Waals surface area contributed by atoms with Gasteiger partial charge in [0.25, 0.3) is 0 Å². The van der Waals surface area contributed by atoms with Crippen molar-refractivity contribution in [2.75, 3.05) is 6.61 Å². The number of aliphatic carboxylic acids is 1. The molecule has 0 unspecified atom stereocenters. The Hall–Kier alpha value is -0.830. The molecule has 0 atom stereocenters. The molecule has 2 N–H and O–H groups in total. The summed E-state index contributed by atoms with van der Waals surface area (Å²) in [4.78, 5) is 10.3. The molecule has 0 aliphatic carbocycles. The Kier molecular flexibility index (Phi) is 11.1. The van der Waals surface area contributed by atoms with Crippen molar-refractivity contribution in [3.05, 3.63) is 12.2 Å². The quantitative estimate of drug-likeness (QED) is 0.406. The number of aliphatic hydroxyl groups excluding tert-OH is 1. The molecule has 0 amide bonds. The van der Waals surface area contributed by atoms with Crippen LogP contribution in [0.3, 0.4) is 0 Å². The molecule has 3 heteroatoms. The Balaban J connectivity index is 3.20. The van der Waals surface area contributed by atoms with E-state index in [1.807, 2.05) is 0 Å². The lowest BCUT2D eigenvalue weighted by Gasteiger charge is -2.05. The predicted molar refractivity (Wildman–Crippen MR) is 70.0 cm³/mol. The highest BCUT2D eigenvalue weighted by Crippen LogP contribution is 2.15. The van der Waals surface area contributed by atoms with E-state index in [4.69, 9.17) is 10.2 Å². The van der Waals surface area contributed by atoms with Gasteiger partial charge in [0.15, 0.2) is 0 Å². The van der Waals surface area contributed by atoms with E-state index < -0.39 is 5.97 Å². The number of allylic oxidation sites excluding steroid dienone is 1. The van der Waals surface area contributed by atoms with E-state index in [2.05, 4.69) is 6.58 Å². The molecule has 0 rings (SSSR count). The SMILES string of the molecule is C=C(CCCCCCO)CCCCCC(=O)O. The number of unbranched alkanes of at least 4 members (excludes halogenated alkanes) is 5. The minimum Gasteiger partial charge on any atom is -0.481 e. The molecule has 0 radical (unpaired) electrons. The smallest absolute Gasteiger partial charge is 0.303 e. The molecule has 100 valence electrons. The van der Waals surface area contributed by atoms with Crippen molar-refractivity contribution in [2.45, 2.75) is 64.2 Å². The average molecular weight is 242 g/mol. The Morgan fingerprint density at radius 1 is 0.824 bits per heavy atom. The van der Waals surface area contributed by atoms with Gasteiger partial charge in [-0.1, -0.05) is 31.4 Å². The van der Waals surface area contributed by atoms with E-state index in [-0.39, 0.29) is 6.42 Å². The average Bonchev–Trinajstić information content (AvgIpc) is 2.28. The van der Waals surface area contributed by atoms with Gasteiger partial charge >= 0.3 is 5.97 Å². The molecule has 17 heavy (non-hydrogen) atoms. The fraction of sp³-hybridized carbons (Fsp3) is 0.786. The van der Waals surface area contributed by atoms with Gasteiger partial charge in [-0.05, 0) is 38.5 Å². The van der Waals surface area contributed by atoms with Gasteiger partial charge in [0.05, 0.1) is 0 Å². The lowest BCUT2D eigenvalue weighted by molar-refractivity contribution is -0.137. The molecule has 0 aromatic heterocycles. The molecule has 0 saturated carbocycles. The first-order chi connectivity index (χ1) is 8.16. The van der Waals surface area contributed by atoms with Gasteiger partial charge in [0.1, 0.15) is 0 Å². The zero-order chi connectivity index (χ0) is 12.9. The Labute approximate surface area is 105 Å². The van der Waals surface area contributed by atoms with Crippen LogP contribution in [0.1, 0.15) is 64.2 Å². The van der Waals surface area contributed by atoms with Crippen molar-refractivity contribution < 1.29 is 15.0 Å². The molecular formula is C14H26O3. The first kappa shape index (κ1) is 16.2. The third kappa shape index (κ3) is 13.1. The van der Waals surface area contributed by atoms with E-state index in [0.29, 0.717) is 6.61 Å². The standard InChI is InChI=1S/C14H26O3/c1-13(9-5-2-3-8-12-15)10-6-4-7-11-14(16)17/h15H,1-12H2,(H,16,17). The largest absolute Gasteiger partial charge is 0.481 e. The second-order valence-corrected chi connectivity index (χ2v) is 4.59. The fourth-order valence-electron chi connectivity index (χ4n) is 1.79. The number of carboxylic acids is 1. The van der Waals surface area contributed by atoms with Gasteiger partial charge in [-0.3, -0.25) is 4.79 Å². The first-order valence-corrected chi connectivity index (χ1v) is 6.66. The minimum atomic E-state index is -0.701. The summed E-state index contributed by atoms with van der Waals surface area (Å²) in [5.74, 6) is -0.701. The summed E-state index contributed by atoms with van der Waals surface area (Å²) in [6, 6.07) is 0. The summed E-state index contributed by atoms with van der Waals surface area (Å²) < 4.78 is 0. The molecule has 0 aromatic carbocycles. The number of carbonyl (C=O) groups is 1. The predicted octanol–water partition coefficient (Wildman–Crippen LogP) is 3.52. The Morgan fingerprint density at radius 3 is 1.82 bits per heavy atom. The second-order valence-electron chi connectivity index (χ2n) is 4.59. The van der Waals surface area contributed by atoms with Crippen molar-refractivity contribution in [2.24, 2.45) is 0 Å². The monoisotopic (exact) mass is 242 g/mol. The van der Waals surface area contributed by atoms with Crippen LogP contribution in [0.2, 0.25) is 0 Å². The van der Waals surface area contributed by atoms with Gasteiger partial charge in [-0.2, -0.15) is 0 Å². The summed E-state index contributed by atoms with van der Waals surface area (Å²) >= 11 is 0. The van der Waals surface area contributed by atoms with Gasteiger partial charge in [0.2, 0.25) is 0 Å². The molecule has 0 aromatic rings. The highest BCUT2D eigenvalue weighted by Gasteiger charge is 1.98. The van der Waals surface area contributed by atoms with Crippen LogP contribution in [-0.2, 0) is 4.79 Å². The molecule has 0 aliphatic rings. The third-order valence-electron chi connectivity index (χ3n) is 2.86. The summed E-state index contributed by atoms with van der Waals surface area (Å²) in [7, 11) is 0. The zero-order valence-corrected chi connectivity index (χ0v) is 10.8. The maximum Gasteiger partial charge on any atom is 0.303 e. The van der Waals surface area contributed by atoms with Crippen LogP contribution in [0.4, 0.5) is 0 Å². The topological polar surface area (TPSA) is 57.5 Å². The molecule has 0 fully saturated rings. The van der Waals surface area contributed by atoms with E-state index in [0.717, 1.165) is 51.4 Å². The molecule has 0 spiro atoms. The lowest BCUT2D eigenvalue weighted by Crippen LogP contribution is -1.93. The molecule has 0 saturated heterocycles. The van der Waals surface area contributed by atoms with Crippen molar-refractivity contribution >= 4 is 5.97 Å². The molecule has 0 heterocycles. The first-order valence-electron chi connectivity index (χ1n) is 6.66. The van der Waals surface area contributed by atoms with E-state index in [1.54, 1.807) is 0 Å². The second kappa shape index (κ2) is 11.6. The third-order valence-corrected chi connectivity index (χ3v) is 2.86. The van der Waals surface area contributed by atoms with E-state index in [9.17, 15) is 4.79 Å². The van der Waals surface area contributed by atoms with Crippen molar-refractivity contribution in [3.63, 3.8) is 0 Å². The maximum atomic E-state index is 10.3. The zero-order valence-electron chi connectivity index (χ0n) is 10.8. The lowest BCUT2D eigenvalue weighted by atomic mass is 10.0. The molecular weight excluding hydrogens is 216 g/mol. The number of hydrogen-bond donors (Lipinski definition) is 2. The highest BCUT2D eigenvalue weighted by molar-refractivity contribution is 5.66. The molecule has 3 nitrogen and oxygen atoms in total. The van der Waals surface area contributed by atoms with Crippen LogP contribution in [0.15, 0.2) is 12.2 Å². The van der Waals surface area contributed by atoms with Crippen molar-refractivity contribution in [1.82, 2.24) is 0 Å². The van der Waals surface area contributed by atoms with E-state index in [1.165, 1.54) is 12.0 Å². The number of hydrogen-bond acceptors (Lipinski definition) is 2. The highest BCUT2D eigenvalue weighted by atomic mass is 16.4. The van der Waals surface area contributed by atoms with E-state index >= 15 is 0 Å².